The molecule has 0 bridgehead atoms. The van der Waals surface area contributed by atoms with Crippen LogP contribution < -0.4 is 21.7 Å². The van der Waals surface area contributed by atoms with E-state index in [1.165, 1.54) is 0 Å². The van der Waals surface area contributed by atoms with E-state index in [2.05, 4.69) is 20.9 Å². The zero-order chi connectivity index (χ0) is 30.8. The van der Waals surface area contributed by atoms with Crippen molar-refractivity contribution < 1.29 is 34.2 Å². The Morgan fingerprint density at radius 3 is 2.12 bits per heavy atom. The molecule has 3 rings (SSSR count). The molecule has 12 heteroatoms. The van der Waals surface area contributed by atoms with E-state index in [0.29, 0.717) is 17.5 Å². The first-order valence-electron chi connectivity index (χ1n) is 13.7. The van der Waals surface area contributed by atoms with E-state index in [9.17, 15) is 29.1 Å². The molecule has 5 unspecified atom stereocenters. The maximum absolute atomic E-state index is 13.6. The number of aliphatic carboxylic acids is 2. The fourth-order valence-corrected chi connectivity index (χ4v) is 4.56. The van der Waals surface area contributed by atoms with Gasteiger partial charge in [-0.25, -0.2) is 4.79 Å². The smallest absolute Gasteiger partial charge is 0.326 e. The normalized spacial score (nSPS) is 14.6. The lowest BCUT2D eigenvalue weighted by atomic mass is 9.96. The van der Waals surface area contributed by atoms with Crippen molar-refractivity contribution in [1.29, 1.82) is 0 Å². The predicted octanol–water partition coefficient (Wildman–Crippen LogP) is 1.34. The molecule has 8 N–H and O–H groups in total. The zero-order valence-corrected chi connectivity index (χ0v) is 23.5. The molecule has 0 radical (unpaired) electrons. The van der Waals surface area contributed by atoms with Gasteiger partial charge in [0, 0.05) is 29.9 Å². The van der Waals surface area contributed by atoms with E-state index in [1.54, 1.807) is 43.5 Å². The van der Waals surface area contributed by atoms with Gasteiger partial charge in [-0.15, -0.1) is 0 Å². The van der Waals surface area contributed by atoms with Crippen molar-refractivity contribution in [2.45, 2.75) is 63.7 Å². The van der Waals surface area contributed by atoms with Gasteiger partial charge < -0.3 is 36.9 Å². The number of carboxylic acid groups (broad SMARTS) is 2. The quantitative estimate of drug-likeness (QED) is 0.140. The van der Waals surface area contributed by atoms with Crippen LogP contribution in [0, 0.1) is 5.92 Å². The first-order chi connectivity index (χ1) is 20.0. The van der Waals surface area contributed by atoms with Gasteiger partial charge in [-0.1, -0.05) is 68.8 Å². The standard InChI is InChI=1S/C30H37N5O7/c1-3-17(2)26(35-27(38)21(31)15-25(36)37)29(40)33-23(14-19-16-32-22-12-8-7-11-20(19)22)28(39)34-24(30(41)42)13-18-9-5-4-6-10-18/h4-12,16-17,21,23-24,26,32H,3,13-15,31H2,1-2H3,(H,33,40)(H,34,39)(H,35,38)(H,36,37)(H,41,42). The molecule has 2 aromatic carbocycles. The molecule has 1 aromatic heterocycles. The molecule has 12 nitrogen and oxygen atoms in total. The molecule has 0 aliphatic rings. The van der Waals surface area contributed by atoms with Crippen LogP contribution in [0.3, 0.4) is 0 Å². The Bertz CT molecular complexity index is 1410. The lowest BCUT2D eigenvalue weighted by Gasteiger charge is -2.28. The van der Waals surface area contributed by atoms with Crippen LogP contribution in [0.1, 0.15) is 37.8 Å². The highest BCUT2D eigenvalue weighted by molar-refractivity contribution is 5.95. The van der Waals surface area contributed by atoms with Crippen molar-refractivity contribution in [3.63, 3.8) is 0 Å². The predicted molar refractivity (Wildman–Crippen MR) is 155 cm³/mol. The Morgan fingerprint density at radius 1 is 0.833 bits per heavy atom. The summed E-state index contributed by atoms with van der Waals surface area (Å²) in [7, 11) is 0. The summed E-state index contributed by atoms with van der Waals surface area (Å²) < 4.78 is 0. The molecule has 0 spiro atoms. The summed E-state index contributed by atoms with van der Waals surface area (Å²) in [4.78, 5) is 65.9. The molecule has 3 amide bonds. The summed E-state index contributed by atoms with van der Waals surface area (Å²) in [5.74, 6) is -5.11. The van der Waals surface area contributed by atoms with Gasteiger partial charge >= 0.3 is 11.9 Å². The van der Waals surface area contributed by atoms with Gasteiger partial charge in [-0.3, -0.25) is 19.2 Å². The second-order valence-corrected chi connectivity index (χ2v) is 10.3. The third-order valence-electron chi connectivity index (χ3n) is 7.15. The minimum Gasteiger partial charge on any atom is -0.481 e. The van der Waals surface area contributed by atoms with Crippen LogP contribution >= 0.6 is 0 Å². The number of hydrogen-bond donors (Lipinski definition) is 7. The van der Waals surface area contributed by atoms with E-state index >= 15 is 0 Å². The molecule has 0 saturated heterocycles. The van der Waals surface area contributed by atoms with E-state index in [4.69, 9.17) is 10.8 Å². The van der Waals surface area contributed by atoms with Crippen molar-refractivity contribution >= 4 is 40.6 Å². The Balaban J connectivity index is 1.87. The van der Waals surface area contributed by atoms with Gasteiger partial charge in [0.2, 0.25) is 17.7 Å². The largest absolute Gasteiger partial charge is 0.481 e. The highest BCUT2D eigenvalue weighted by Crippen LogP contribution is 2.20. The third-order valence-corrected chi connectivity index (χ3v) is 7.15. The van der Waals surface area contributed by atoms with Gasteiger partial charge in [0.25, 0.3) is 0 Å². The van der Waals surface area contributed by atoms with Gasteiger partial charge in [0.1, 0.15) is 18.1 Å². The monoisotopic (exact) mass is 579 g/mol. The van der Waals surface area contributed by atoms with Crippen molar-refractivity contribution in [3.8, 4) is 0 Å². The van der Waals surface area contributed by atoms with Gasteiger partial charge in [0.05, 0.1) is 12.5 Å². The van der Waals surface area contributed by atoms with Crippen LogP contribution in [0.15, 0.2) is 60.8 Å². The number of nitrogens with one attached hydrogen (secondary N) is 4. The summed E-state index contributed by atoms with van der Waals surface area (Å²) in [5.41, 5.74) is 7.95. The van der Waals surface area contributed by atoms with Crippen LogP contribution in [0.4, 0.5) is 0 Å². The number of benzene rings is 2. The molecule has 3 aromatic rings. The molecule has 0 saturated carbocycles. The number of carbonyl (C=O) groups is 5. The summed E-state index contributed by atoms with van der Waals surface area (Å²) in [6.07, 6.45) is 1.63. The number of carbonyl (C=O) groups excluding carboxylic acids is 3. The fourth-order valence-electron chi connectivity index (χ4n) is 4.56. The van der Waals surface area contributed by atoms with Gasteiger partial charge in [-0.05, 0) is 23.1 Å². The number of para-hydroxylation sites is 1. The average Bonchev–Trinajstić information content (AvgIpc) is 3.37. The minimum atomic E-state index is -1.37. The molecule has 0 aliphatic heterocycles. The Labute approximate surface area is 243 Å². The first-order valence-corrected chi connectivity index (χ1v) is 13.7. The number of rotatable bonds is 15. The van der Waals surface area contributed by atoms with Crippen LogP contribution in [0.5, 0.6) is 0 Å². The first kappa shape index (κ1) is 31.8. The molecule has 0 fully saturated rings. The number of amides is 3. The Hall–Kier alpha value is -4.71. The molecular weight excluding hydrogens is 542 g/mol. The number of carboxylic acids is 2. The average molecular weight is 580 g/mol. The molecule has 42 heavy (non-hydrogen) atoms. The van der Waals surface area contributed by atoms with E-state index in [1.807, 2.05) is 31.2 Å². The summed E-state index contributed by atoms with van der Waals surface area (Å²) in [6.45, 7) is 3.54. The van der Waals surface area contributed by atoms with Crippen LogP contribution in [-0.4, -0.2) is 69.0 Å². The lowest BCUT2D eigenvalue weighted by Crippen LogP contribution is -2.59. The second kappa shape index (κ2) is 14.8. The van der Waals surface area contributed by atoms with E-state index in [-0.39, 0.29) is 12.8 Å². The second-order valence-electron chi connectivity index (χ2n) is 10.3. The Morgan fingerprint density at radius 2 is 1.48 bits per heavy atom. The summed E-state index contributed by atoms with van der Waals surface area (Å²) in [6, 6.07) is 11.3. The number of aromatic amines is 1. The number of aromatic nitrogens is 1. The number of H-pyrrole nitrogens is 1. The molecular formula is C30H37N5O7. The minimum absolute atomic E-state index is 0.0267. The highest BCUT2D eigenvalue weighted by atomic mass is 16.4. The molecule has 0 aliphatic carbocycles. The van der Waals surface area contributed by atoms with Crippen molar-refractivity contribution in [2.75, 3.05) is 0 Å². The van der Waals surface area contributed by atoms with Crippen molar-refractivity contribution in [3.05, 3.63) is 71.9 Å². The Kier molecular flexibility index (Phi) is 11.2. The summed E-state index contributed by atoms with van der Waals surface area (Å²) in [5, 5.41) is 27.4. The van der Waals surface area contributed by atoms with Crippen molar-refractivity contribution in [1.82, 2.24) is 20.9 Å². The lowest BCUT2D eigenvalue weighted by molar-refractivity contribution is -0.142. The maximum atomic E-state index is 13.6. The fraction of sp³-hybridized carbons (Fsp3) is 0.367. The maximum Gasteiger partial charge on any atom is 0.326 e. The molecule has 224 valence electrons. The van der Waals surface area contributed by atoms with Crippen LogP contribution in [0.2, 0.25) is 0 Å². The van der Waals surface area contributed by atoms with Gasteiger partial charge in [0.15, 0.2) is 0 Å². The van der Waals surface area contributed by atoms with Crippen LogP contribution in [-0.2, 0) is 36.8 Å². The van der Waals surface area contributed by atoms with E-state index in [0.717, 1.165) is 10.9 Å². The van der Waals surface area contributed by atoms with Crippen LogP contribution in [0.25, 0.3) is 10.9 Å². The number of fused-ring (bicyclic) bond motifs is 1. The highest BCUT2D eigenvalue weighted by Gasteiger charge is 2.33. The summed E-state index contributed by atoms with van der Waals surface area (Å²) >= 11 is 0. The number of hydrogen-bond acceptors (Lipinski definition) is 6. The molecule has 5 atom stereocenters. The molecule has 1 heterocycles. The SMILES string of the molecule is CCC(C)C(NC(=O)C(N)CC(=O)O)C(=O)NC(Cc1c[nH]c2ccccc12)C(=O)NC(Cc1ccccc1)C(=O)O. The van der Waals surface area contributed by atoms with E-state index < -0.39 is 66.2 Å². The third kappa shape index (κ3) is 8.64. The topological polar surface area (TPSA) is 204 Å². The van der Waals surface area contributed by atoms with Crippen molar-refractivity contribution in [2.24, 2.45) is 11.7 Å². The van der Waals surface area contributed by atoms with Gasteiger partial charge in [-0.2, -0.15) is 0 Å². The number of nitrogens with two attached hydrogens (primary N) is 1. The zero-order valence-electron chi connectivity index (χ0n) is 23.5.